The number of hydrogen-bond acceptors (Lipinski definition) is 4. The molecule has 0 aromatic heterocycles. The number of amides is 1. The molecule has 1 aromatic carbocycles. The summed E-state index contributed by atoms with van der Waals surface area (Å²) in [4.78, 5) is 17.6. The summed E-state index contributed by atoms with van der Waals surface area (Å²) in [6.45, 7) is 5.65. The van der Waals surface area contributed by atoms with Gasteiger partial charge in [-0.05, 0) is 25.5 Å². The van der Waals surface area contributed by atoms with Gasteiger partial charge < -0.3 is 9.47 Å². The number of carbonyl (C=O) groups excluding carboxylic acids is 1. The van der Waals surface area contributed by atoms with Gasteiger partial charge in [0.2, 0.25) is 0 Å². The Morgan fingerprint density at radius 1 is 1.24 bits per heavy atom. The van der Waals surface area contributed by atoms with Crippen LogP contribution < -0.4 is 9.47 Å². The first kappa shape index (κ1) is 14.5. The third kappa shape index (κ3) is 2.80. The van der Waals surface area contributed by atoms with Gasteiger partial charge in [-0.1, -0.05) is 11.6 Å². The molecule has 5 nitrogen and oxygen atoms in total. The van der Waals surface area contributed by atoms with Gasteiger partial charge in [-0.25, -0.2) is 5.06 Å². The highest BCUT2D eigenvalue weighted by atomic mass is 35.5. The number of rotatable bonds is 2. The van der Waals surface area contributed by atoms with Crippen molar-refractivity contribution >= 4 is 17.5 Å². The fourth-order valence-corrected chi connectivity index (χ4v) is 2.53. The lowest BCUT2D eigenvalue weighted by atomic mass is 9.95. The number of hydrogen-bond donors (Lipinski definition) is 0. The molecule has 2 heterocycles. The molecule has 0 saturated carbocycles. The third-order valence-corrected chi connectivity index (χ3v) is 3.97. The summed E-state index contributed by atoms with van der Waals surface area (Å²) in [7, 11) is 0. The lowest BCUT2D eigenvalue weighted by Crippen LogP contribution is -2.30. The van der Waals surface area contributed by atoms with Crippen molar-refractivity contribution in [2.24, 2.45) is 5.41 Å². The zero-order chi connectivity index (χ0) is 15.0. The Morgan fingerprint density at radius 3 is 2.52 bits per heavy atom. The fraction of sp³-hybridized carbons (Fsp3) is 0.533. The molecule has 0 spiro atoms. The van der Waals surface area contributed by atoms with E-state index in [0.717, 1.165) is 12.0 Å². The maximum Gasteiger partial charge on any atom is 0.254 e. The van der Waals surface area contributed by atoms with Gasteiger partial charge in [-0.3, -0.25) is 9.63 Å². The number of ether oxygens (including phenoxy) is 2. The molecule has 0 aliphatic carbocycles. The Bertz CT molecular complexity index is 573. The smallest absolute Gasteiger partial charge is 0.254 e. The molecule has 21 heavy (non-hydrogen) atoms. The van der Waals surface area contributed by atoms with E-state index in [9.17, 15) is 4.79 Å². The Labute approximate surface area is 128 Å². The van der Waals surface area contributed by atoms with Crippen molar-refractivity contribution in [3.63, 3.8) is 0 Å². The number of fused-ring (bicyclic) bond motifs is 1. The van der Waals surface area contributed by atoms with Crippen LogP contribution in [0.2, 0.25) is 5.02 Å². The first-order valence-corrected chi connectivity index (χ1v) is 7.38. The molecule has 6 heteroatoms. The van der Waals surface area contributed by atoms with Crippen LogP contribution in [-0.4, -0.2) is 30.8 Å². The first-order valence-electron chi connectivity index (χ1n) is 7.00. The van der Waals surface area contributed by atoms with E-state index in [0.29, 0.717) is 42.9 Å². The molecule has 0 radical (unpaired) electrons. The van der Waals surface area contributed by atoms with Crippen molar-refractivity contribution in [1.82, 2.24) is 5.06 Å². The maximum atomic E-state index is 12.2. The summed E-state index contributed by atoms with van der Waals surface area (Å²) in [5.41, 5.74) is 0.296. The van der Waals surface area contributed by atoms with E-state index in [2.05, 4.69) is 0 Å². The van der Waals surface area contributed by atoms with Gasteiger partial charge in [-0.15, -0.1) is 0 Å². The Kier molecular flexibility index (Phi) is 3.71. The topological polar surface area (TPSA) is 48.0 Å². The monoisotopic (exact) mass is 311 g/mol. The SMILES string of the molecule is CC1(C)CON(Cc2cc3c(cc2Cl)OCCCO3)C1=O. The van der Waals surface area contributed by atoms with Crippen molar-refractivity contribution in [3.05, 3.63) is 22.7 Å². The predicted molar refractivity (Wildman–Crippen MR) is 77.3 cm³/mol. The van der Waals surface area contributed by atoms with Crippen molar-refractivity contribution in [2.75, 3.05) is 19.8 Å². The number of carbonyl (C=O) groups is 1. The van der Waals surface area contributed by atoms with E-state index in [1.807, 2.05) is 19.9 Å². The lowest BCUT2D eigenvalue weighted by Gasteiger charge is -2.18. The number of hydroxylamine groups is 2. The summed E-state index contributed by atoms with van der Waals surface area (Å²) >= 11 is 6.28. The molecule has 1 amide bonds. The van der Waals surface area contributed by atoms with Crippen LogP contribution in [0.25, 0.3) is 0 Å². The van der Waals surface area contributed by atoms with Crippen LogP contribution in [0.15, 0.2) is 12.1 Å². The largest absolute Gasteiger partial charge is 0.490 e. The van der Waals surface area contributed by atoms with Crippen molar-refractivity contribution < 1.29 is 19.1 Å². The van der Waals surface area contributed by atoms with Gasteiger partial charge in [0.1, 0.15) is 0 Å². The van der Waals surface area contributed by atoms with Crippen LogP contribution in [0, 0.1) is 5.41 Å². The van der Waals surface area contributed by atoms with E-state index in [-0.39, 0.29) is 5.91 Å². The Hall–Kier alpha value is -1.46. The average molecular weight is 312 g/mol. The van der Waals surface area contributed by atoms with Gasteiger partial charge in [-0.2, -0.15) is 0 Å². The molecule has 1 saturated heterocycles. The van der Waals surface area contributed by atoms with E-state index >= 15 is 0 Å². The zero-order valence-corrected chi connectivity index (χ0v) is 12.9. The minimum atomic E-state index is -0.488. The number of halogens is 1. The zero-order valence-electron chi connectivity index (χ0n) is 12.1. The van der Waals surface area contributed by atoms with E-state index in [1.165, 1.54) is 5.06 Å². The van der Waals surface area contributed by atoms with Crippen molar-refractivity contribution in [1.29, 1.82) is 0 Å². The molecule has 3 rings (SSSR count). The molecule has 0 unspecified atom stereocenters. The maximum absolute atomic E-state index is 12.2. The van der Waals surface area contributed by atoms with E-state index in [4.69, 9.17) is 25.9 Å². The molecule has 114 valence electrons. The second-order valence-electron chi connectivity index (χ2n) is 5.94. The Morgan fingerprint density at radius 2 is 1.90 bits per heavy atom. The van der Waals surface area contributed by atoms with Gasteiger partial charge in [0, 0.05) is 17.5 Å². The molecular formula is C15H18ClNO4. The summed E-state index contributed by atoms with van der Waals surface area (Å²) in [6.07, 6.45) is 0.837. The summed E-state index contributed by atoms with van der Waals surface area (Å²) in [5, 5.41) is 1.91. The highest BCUT2D eigenvalue weighted by Crippen LogP contribution is 2.37. The molecule has 2 aliphatic rings. The highest BCUT2D eigenvalue weighted by molar-refractivity contribution is 6.31. The van der Waals surface area contributed by atoms with Crippen LogP contribution >= 0.6 is 11.6 Å². The minimum absolute atomic E-state index is 0.0364. The molecule has 1 aromatic rings. The fourth-order valence-electron chi connectivity index (χ4n) is 2.32. The van der Waals surface area contributed by atoms with E-state index < -0.39 is 5.41 Å². The number of benzene rings is 1. The number of nitrogens with zero attached hydrogens (tertiary/aromatic N) is 1. The van der Waals surface area contributed by atoms with Gasteiger partial charge >= 0.3 is 0 Å². The first-order chi connectivity index (χ1) is 9.97. The third-order valence-electron chi connectivity index (χ3n) is 3.62. The average Bonchev–Trinajstić information content (AvgIpc) is 2.62. The minimum Gasteiger partial charge on any atom is -0.490 e. The van der Waals surface area contributed by atoms with Crippen LogP contribution in [-0.2, 0) is 16.2 Å². The molecule has 0 N–H and O–H groups in total. The predicted octanol–water partition coefficient (Wildman–Crippen LogP) is 2.80. The highest BCUT2D eigenvalue weighted by Gasteiger charge is 2.40. The quantitative estimate of drug-likeness (QED) is 0.842. The van der Waals surface area contributed by atoms with Gasteiger partial charge in [0.15, 0.2) is 11.5 Å². The molecule has 0 atom stereocenters. The summed E-state index contributed by atoms with van der Waals surface area (Å²) < 4.78 is 11.2. The van der Waals surface area contributed by atoms with Crippen LogP contribution in [0.4, 0.5) is 0 Å². The second kappa shape index (κ2) is 5.39. The van der Waals surface area contributed by atoms with E-state index in [1.54, 1.807) is 6.07 Å². The van der Waals surface area contributed by atoms with Gasteiger partial charge in [0.25, 0.3) is 5.91 Å². The Balaban J connectivity index is 1.83. The van der Waals surface area contributed by atoms with Gasteiger partial charge in [0.05, 0.1) is 31.8 Å². The molecule has 0 bridgehead atoms. The summed E-state index contributed by atoms with van der Waals surface area (Å²) in [6, 6.07) is 3.56. The normalized spacial score (nSPS) is 20.5. The standard InChI is InChI=1S/C15H18ClNO4/c1-15(2)9-21-17(14(15)18)8-10-6-12-13(7-11(10)16)20-5-3-4-19-12/h6-7H,3-5,8-9H2,1-2H3. The van der Waals surface area contributed by atoms with Crippen molar-refractivity contribution in [2.45, 2.75) is 26.8 Å². The van der Waals surface area contributed by atoms with Crippen LogP contribution in [0.5, 0.6) is 11.5 Å². The summed E-state index contributed by atoms with van der Waals surface area (Å²) in [5.74, 6) is 1.28. The van der Waals surface area contributed by atoms with Crippen LogP contribution in [0.3, 0.4) is 0 Å². The molecule has 1 fully saturated rings. The van der Waals surface area contributed by atoms with Crippen LogP contribution in [0.1, 0.15) is 25.8 Å². The molecule has 2 aliphatic heterocycles. The lowest BCUT2D eigenvalue weighted by molar-refractivity contribution is -0.165. The second-order valence-corrected chi connectivity index (χ2v) is 6.35. The molecular weight excluding hydrogens is 294 g/mol. The van der Waals surface area contributed by atoms with Crippen molar-refractivity contribution in [3.8, 4) is 11.5 Å².